The fourth-order valence-electron chi connectivity index (χ4n) is 4.51. The maximum Gasteiger partial charge on any atom is 0.295 e. The summed E-state index contributed by atoms with van der Waals surface area (Å²) in [6.07, 6.45) is 1.57. The van der Waals surface area contributed by atoms with Gasteiger partial charge in [0.1, 0.15) is 11.5 Å². The minimum absolute atomic E-state index is 0.0188. The number of aryl methyl sites for hydroxylation is 2. The Morgan fingerprint density at radius 1 is 0.697 bits per heavy atom. The molecule has 0 saturated carbocycles. The zero-order valence-electron chi connectivity index (χ0n) is 21.4. The first-order valence-electron chi connectivity index (χ1n) is 11.9. The highest BCUT2D eigenvalue weighted by Gasteiger charge is 2.32. The second kappa shape index (κ2) is 8.80. The van der Waals surface area contributed by atoms with Crippen molar-refractivity contribution in [2.75, 3.05) is 0 Å². The van der Waals surface area contributed by atoms with E-state index in [1.807, 2.05) is 0 Å². The third-order valence-corrected chi connectivity index (χ3v) is 7.55. The maximum atomic E-state index is 6.85. The molecule has 0 atom stereocenters. The number of rotatable bonds is 2. The maximum absolute atomic E-state index is 6.85. The van der Waals surface area contributed by atoms with E-state index >= 15 is 0 Å². The summed E-state index contributed by atoms with van der Waals surface area (Å²) in [6, 6.07) is 19.7. The van der Waals surface area contributed by atoms with E-state index < -0.39 is 8.38 Å². The average Bonchev–Trinajstić information content (AvgIpc) is 2.69. The van der Waals surface area contributed by atoms with Gasteiger partial charge in [0.25, 0.3) is 8.38 Å². The predicted molar refractivity (Wildman–Crippen MR) is 141 cm³/mol. The Morgan fingerprint density at radius 2 is 1.15 bits per heavy atom. The monoisotopic (exact) mass is 460 g/mol. The average molecular weight is 461 g/mol. The molecule has 0 saturated heterocycles. The fraction of sp³-hybridized carbons (Fsp3) is 0.400. The zero-order valence-corrected chi connectivity index (χ0v) is 22.3. The first-order valence-corrected chi connectivity index (χ1v) is 13.2. The fourth-order valence-corrected chi connectivity index (χ4v) is 6.03. The summed E-state index contributed by atoms with van der Waals surface area (Å²) >= 11 is 0. The third kappa shape index (κ3) is 5.28. The molecule has 1 aliphatic heterocycles. The number of fused-ring (bicyclic) bond motifs is 2. The van der Waals surface area contributed by atoms with Gasteiger partial charge >= 0.3 is 0 Å². The first kappa shape index (κ1) is 23.8. The number of benzene rings is 3. The summed E-state index contributed by atoms with van der Waals surface area (Å²) in [5.74, 6) is 2.03. The van der Waals surface area contributed by atoms with Gasteiger partial charge < -0.3 is 9.05 Å². The van der Waals surface area contributed by atoms with Crippen LogP contribution in [0.1, 0.15) is 80.5 Å². The SMILES string of the molecule is Cc1cc2c(c(C(C)(C)C)c1)OP(Cc1ccccc1)Oc1c(cc(C)cc1C(C)(C)C)C2. The highest BCUT2D eigenvalue weighted by molar-refractivity contribution is 7.47. The molecule has 0 unspecified atom stereocenters. The van der Waals surface area contributed by atoms with Crippen LogP contribution in [0.4, 0.5) is 0 Å². The molecule has 1 aliphatic rings. The Morgan fingerprint density at radius 3 is 1.58 bits per heavy atom. The van der Waals surface area contributed by atoms with Crippen molar-refractivity contribution in [3.63, 3.8) is 0 Å². The number of hydrogen-bond donors (Lipinski definition) is 0. The molecule has 4 rings (SSSR count). The van der Waals surface area contributed by atoms with Gasteiger partial charge in [0.15, 0.2) is 0 Å². The van der Waals surface area contributed by atoms with E-state index in [9.17, 15) is 0 Å². The van der Waals surface area contributed by atoms with E-state index in [2.05, 4.69) is 110 Å². The molecule has 0 aliphatic carbocycles. The molecule has 0 fully saturated rings. The third-order valence-electron chi connectivity index (χ3n) is 6.16. The van der Waals surface area contributed by atoms with Gasteiger partial charge in [-0.15, -0.1) is 0 Å². The summed E-state index contributed by atoms with van der Waals surface area (Å²) in [7, 11) is -1.21. The van der Waals surface area contributed by atoms with Crippen LogP contribution in [0.15, 0.2) is 54.6 Å². The van der Waals surface area contributed by atoms with Crippen molar-refractivity contribution in [1.82, 2.24) is 0 Å². The van der Waals surface area contributed by atoms with Crippen LogP contribution >= 0.6 is 8.38 Å². The molecule has 0 aromatic heterocycles. The van der Waals surface area contributed by atoms with Gasteiger partial charge in [-0.2, -0.15) is 0 Å². The molecule has 1 heterocycles. The minimum atomic E-state index is -1.21. The van der Waals surface area contributed by atoms with E-state index in [0.717, 1.165) is 24.1 Å². The van der Waals surface area contributed by atoms with E-state index in [0.29, 0.717) is 0 Å². The van der Waals surface area contributed by atoms with Crippen molar-refractivity contribution >= 4 is 8.38 Å². The van der Waals surface area contributed by atoms with E-state index in [1.165, 1.54) is 38.9 Å². The molecule has 3 aromatic rings. The van der Waals surface area contributed by atoms with Gasteiger partial charge in [-0.25, -0.2) is 0 Å². The largest absolute Gasteiger partial charge is 0.438 e. The standard InChI is InChI=1S/C30H37O2P/c1-20-14-23-18-24-15-21(2)17-26(30(6,7)8)28(24)32-33(19-22-12-10-9-11-13-22)31-27(23)25(16-20)29(3,4)5/h9-17H,18-19H2,1-8H3. The molecular formula is C30H37O2P. The lowest BCUT2D eigenvalue weighted by Crippen LogP contribution is -2.19. The molecule has 174 valence electrons. The van der Waals surface area contributed by atoms with Gasteiger partial charge in [0, 0.05) is 17.5 Å². The minimum Gasteiger partial charge on any atom is -0.438 e. The van der Waals surface area contributed by atoms with Crippen molar-refractivity contribution in [3.05, 3.63) is 93.5 Å². The Balaban J connectivity index is 1.93. The summed E-state index contributed by atoms with van der Waals surface area (Å²) in [5.41, 5.74) is 8.79. The highest BCUT2D eigenvalue weighted by Crippen LogP contribution is 2.52. The molecule has 0 radical (unpaired) electrons. The summed E-state index contributed by atoms with van der Waals surface area (Å²) in [4.78, 5) is 0. The molecule has 0 bridgehead atoms. The van der Waals surface area contributed by atoms with Crippen LogP contribution < -0.4 is 9.05 Å². The van der Waals surface area contributed by atoms with Crippen molar-refractivity contribution in [3.8, 4) is 11.5 Å². The lowest BCUT2D eigenvalue weighted by atomic mass is 9.81. The van der Waals surface area contributed by atoms with Crippen LogP contribution in [0, 0.1) is 13.8 Å². The Labute approximate surface area is 201 Å². The van der Waals surface area contributed by atoms with Crippen molar-refractivity contribution in [1.29, 1.82) is 0 Å². The second-order valence-corrected chi connectivity index (χ2v) is 12.8. The van der Waals surface area contributed by atoms with Crippen molar-refractivity contribution in [2.45, 2.75) is 78.8 Å². The molecule has 3 heteroatoms. The predicted octanol–water partition coefficient (Wildman–Crippen LogP) is 8.77. The Hall–Kier alpha value is -2.31. The van der Waals surface area contributed by atoms with Crippen molar-refractivity contribution in [2.24, 2.45) is 0 Å². The quantitative estimate of drug-likeness (QED) is 0.356. The van der Waals surface area contributed by atoms with E-state index in [-0.39, 0.29) is 10.8 Å². The Bertz CT molecular complexity index is 1080. The molecular weight excluding hydrogens is 423 g/mol. The number of hydrogen-bond acceptors (Lipinski definition) is 2. The van der Waals surface area contributed by atoms with Gasteiger partial charge in [-0.3, -0.25) is 0 Å². The van der Waals surface area contributed by atoms with Crippen LogP contribution in [0.25, 0.3) is 0 Å². The second-order valence-electron chi connectivity index (χ2n) is 11.4. The van der Waals surface area contributed by atoms with Gasteiger partial charge in [0.05, 0.1) is 6.16 Å². The lowest BCUT2D eigenvalue weighted by molar-refractivity contribution is 0.447. The molecule has 0 spiro atoms. The van der Waals surface area contributed by atoms with Crippen LogP contribution in [-0.4, -0.2) is 0 Å². The van der Waals surface area contributed by atoms with Crippen LogP contribution in [0.2, 0.25) is 0 Å². The van der Waals surface area contributed by atoms with E-state index in [4.69, 9.17) is 9.05 Å². The zero-order chi connectivity index (χ0) is 24.0. The molecule has 3 aromatic carbocycles. The Kier molecular flexibility index (Phi) is 6.36. The summed E-state index contributed by atoms with van der Waals surface area (Å²) in [5, 5.41) is 0. The molecule has 0 amide bonds. The first-order chi connectivity index (χ1) is 15.4. The van der Waals surface area contributed by atoms with E-state index in [1.54, 1.807) is 0 Å². The molecule has 33 heavy (non-hydrogen) atoms. The van der Waals surface area contributed by atoms with Gasteiger partial charge in [0.2, 0.25) is 0 Å². The van der Waals surface area contributed by atoms with Crippen molar-refractivity contribution < 1.29 is 9.05 Å². The smallest absolute Gasteiger partial charge is 0.295 e. The van der Waals surface area contributed by atoms with Gasteiger partial charge in [-0.1, -0.05) is 107 Å². The molecule has 0 N–H and O–H groups in total. The normalized spacial score (nSPS) is 14.4. The summed E-state index contributed by atoms with van der Waals surface area (Å²) < 4.78 is 13.7. The van der Waals surface area contributed by atoms with Crippen LogP contribution in [0.3, 0.4) is 0 Å². The lowest BCUT2D eigenvalue weighted by Gasteiger charge is -2.33. The summed E-state index contributed by atoms with van der Waals surface area (Å²) in [6.45, 7) is 18.0. The highest BCUT2D eigenvalue weighted by atomic mass is 31.2. The topological polar surface area (TPSA) is 18.5 Å². The van der Waals surface area contributed by atoms with Crippen LogP contribution in [0.5, 0.6) is 11.5 Å². The van der Waals surface area contributed by atoms with Crippen LogP contribution in [-0.2, 0) is 23.4 Å². The molecule has 2 nitrogen and oxygen atoms in total. The van der Waals surface area contributed by atoms with Gasteiger partial charge in [-0.05, 0) is 41.4 Å².